The van der Waals surface area contributed by atoms with E-state index >= 15 is 0 Å². The maximum atomic E-state index is 5.72. The third kappa shape index (κ3) is 2.76. The first-order chi connectivity index (χ1) is 6.65. The first-order valence-electron chi connectivity index (χ1n) is 4.87. The van der Waals surface area contributed by atoms with E-state index in [0.717, 1.165) is 17.9 Å². The summed E-state index contributed by atoms with van der Waals surface area (Å²) < 4.78 is 10.9. The fourth-order valence-electron chi connectivity index (χ4n) is 1.62. The van der Waals surface area contributed by atoms with Crippen molar-refractivity contribution in [1.82, 2.24) is 0 Å². The number of hydrogen-bond donors (Lipinski definition) is 1. The molecule has 1 aliphatic heterocycles. The molecule has 2 N–H and O–H groups in total. The van der Waals surface area contributed by atoms with Crippen LogP contribution in [0.3, 0.4) is 0 Å². The van der Waals surface area contributed by atoms with Crippen LogP contribution in [-0.4, -0.2) is 12.3 Å². The minimum Gasteiger partial charge on any atom is -0.451 e. The molecule has 1 aliphatic rings. The fourth-order valence-corrected chi connectivity index (χ4v) is 1.62. The van der Waals surface area contributed by atoms with E-state index in [9.17, 15) is 0 Å². The van der Waals surface area contributed by atoms with Crippen LogP contribution < -0.4 is 15.2 Å². The highest BCUT2D eigenvalue weighted by molar-refractivity contribution is 5.85. The van der Waals surface area contributed by atoms with E-state index in [1.165, 1.54) is 5.56 Å². The van der Waals surface area contributed by atoms with E-state index < -0.39 is 0 Å². The summed E-state index contributed by atoms with van der Waals surface area (Å²) in [4.78, 5) is 0. The minimum absolute atomic E-state index is 0. The van der Waals surface area contributed by atoms with Gasteiger partial charge < -0.3 is 15.2 Å². The highest BCUT2D eigenvalue weighted by Gasteiger charge is 2.19. The number of benzene rings is 1. The fraction of sp³-hybridized carbons (Fsp3) is 0.455. The number of halogens is 1. The molecule has 0 bridgehead atoms. The van der Waals surface area contributed by atoms with E-state index in [0.29, 0.717) is 0 Å². The van der Waals surface area contributed by atoms with Crippen LogP contribution in [0.2, 0.25) is 0 Å². The van der Waals surface area contributed by atoms with E-state index in [-0.39, 0.29) is 24.7 Å². The van der Waals surface area contributed by atoms with Crippen molar-refractivity contribution in [2.75, 3.05) is 0 Å². The van der Waals surface area contributed by atoms with Crippen molar-refractivity contribution in [3.05, 3.63) is 23.8 Å². The Hall–Kier alpha value is -0.930. The van der Waals surface area contributed by atoms with Gasteiger partial charge in [0.15, 0.2) is 11.5 Å². The van der Waals surface area contributed by atoms with Gasteiger partial charge in [0, 0.05) is 13.0 Å². The van der Waals surface area contributed by atoms with Gasteiger partial charge in [-0.25, -0.2) is 0 Å². The van der Waals surface area contributed by atoms with Gasteiger partial charge in [0.1, 0.15) is 0 Å². The highest BCUT2D eigenvalue weighted by atomic mass is 35.5. The van der Waals surface area contributed by atoms with Crippen molar-refractivity contribution in [2.24, 2.45) is 5.73 Å². The molecule has 84 valence electrons. The Balaban J connectivity index is 0.00000112. The third-order valence-electron chi connectivity index (χ3n) is 2.15. The van der Waals surface area contributed by atoms with Gasteiger partial charge in [-0.15, -0.1) is 12.4 Å². The number of fused-ring (bicyclic) bond motifs is 1. The zero-order valence-electron chi connectivity index (χ0n) is 8.90. The summed E-state index contributed by atoms with van der Waals surface area (Å²) in [6.07, 6.45) is 0.695. The second kappa shape index (κ2) is 4.73. The Morgan fingerprint density at radius 2 is 2.00 bits per heavy atom. The van der Waals surface area contributed by atoms with Crippen LogP contribution >= 0.6 is 12.4 Å². The SMILES string of the molecule is CC(N)Cc1ccc2c(c1)OC(C)O2.Cl. The number of nitrogens with two attached hydrogens (primary N) is 1. The molecule has 1 heterocycles. The van der Waals surface area contributed by atoms with Gasteiger partial charge in [-0.3, -0.25) is 0 Å². The molecule has 1 aromatic carbocycles. The van der Waals surface area contributed by atoms with Gasteiger partial charge in [-0.05, 0) is 31.0 Å². The molecule has 2 rings (SSSR count). The van der Waals surface area contributed by atoms with Crippen molar-refractivity contribution < 1.29 is 9.47 Å². The van der Waals surface area contributed by atoms with Gasteiger partial charge in [-0.1, -0.05) is 6.07 Å². The number of hydrogen-bond acceptors (Lipinski definition) is 3. The Morgan fingerprint density at radius 1 is 1.33 bits per heavy atom. The van der Waals surface area contributed by atoms with Gasteiger partial charge in [0.25, 0.3) is 0 Å². The summed E-state index contributed by atoms with van der Waals surface area (Å²) in [7, 11) is 0. The van der Waals surface area contributed by atoms with E-state index in [2.05, 4.69) is 0 Å². The highest BCUT2D eigenvalue weighted by Crippen LogP contribution is 2.35. The second-order valence-corrected chi connectivity index (χ2v) is 3.77. The van der Waals surface area contributed by atoms with Crippen molar-refractivity contribution in [2.45, 2.75) is 32.6 Å². The molecule has 0 aromatic heterocycles. The monoisotopic (exact) mass is 229 g/mol. The average Bonchev–Trinajstić information content (AvgIpc) is 2.42. The van der Waals surface area contributed by atoms with Crippen LogP contribution in [0, 0.1) is 0 Å². The summed E-state index contributed by atoms with van der Waals surface area (Å²) in [5.41, 5.74) is 6.92. The second-order valence-electron chi connectivity index (χ2n) is 3.77. The van der Waals surface area contributed by atoms with Crippen molar-refractivity contribution in [3.8, 4) is 11.5 Å². The number of rotatable bonds is 2. The van der Waals surface area contributed by atoms with Gasteiger partial charge in [0.05, 0.1) is 0 Å². The lowest BCUT2D eigenvalue weighted by Crippen LogP contribution is -2.17. The molecule has 0 fully saturated rings. The zero-order valence-corrected chi connectivity index (χ0v) is 9.71. The smallest absolute Gasteiger partial charge is 0.238 e. The molecule has 0 saturated heterocycles. The topological polar surface area (TPSA) is 44.5 Å². The summed E-state index contributed by atoms with van der Waals surface area (Å²) in [5, 5.41) is 0. The Labute approximate surface area is 96.0 Å². The Kier molecular flexibility index (Phi) is 3.83. The predicted octanol–water partition coefficient (Wildman–Crippen LogP) is 2.12. The van der Waals surface area contributed by atoms with Gasteiger partial charge in [-0.2, -0.15) is 0 Å². The third-order valence-corrected chi connectivity index (χ3v) is 2.15. The first kappa shape index (κ1) is 12.1. The van der Waals surface area contributed by atoms with Gasteiger partial charge in [0.2, 0.25) is 6.29 Å². The summed E-state index contributed by atoms with van der Waals surface area (Å²) in [6.45, 7) is 3.87. The van der Waals surface area contributed by atoms with E-state index in [1.54, 1.807) is 0 Å². The zero-order chi connectivity index (χ0) is 10.1. The van der Waals surface area contributed by atoms with Crippen molar-refractivity contribution >= 4 is 12.4 Å². The molecule has 1 aromatic rings. The van der Waals surface area contributed by atoms with E-state index in [4.69, 9.17) is 15.2 Å². The normalized spacial score (nSPS) is 19.5. The Bertz CT molecular complexity index is 341. The lowest BCUT2D eigenvalue weighted by atomic mass is 10.1. The quantitative estimate of drug-likeness (QED) is 0.845. The molecule has 0 amide bonds. The maximum Gasteiger partial charge on any atom is 0.238 e. The minimum atomic E-state index is -0.171. The molecular weight excluding hydrogens is 214 g/mol. The summed E-state index contributed by atoms with van der Waals surface area (Å²) in [5.74, 6) is 1.65. The molecule has 3 nitrogen and oxygen atoms in total. The summed E-state index contributed by atoms with van der Waals surface area (Å²) in [6, 6.07) is 6.15. The van der Waals surface area contributed by atoms with Crippen LogP contribution in [-0.2, 0) is 6.42 Å². The molecule has 4 heteroatoms. The molecular formula is C11H16ClNO2. The van der Waals surface area contributed by atoms with E-state index in [1.807, 2.05) is 32.0 Å². The predicted molar refractivity (Wildman–Crippen MR) is 61.8 cm³/mol. The average molecular weight is 230 g/mol. The van der Waals surface area contributed by atoms with Crippen LogP contribution in [0.4, 0.5) is 0 Å². The first-order valence-corrected chi connectivity index (χ1v) is 4.87. The molecule has 0 saturated carbocycles. The molecule has 0 aliphatic carbocycles. The molecule has 0 radical (unpaired) electrons. The van der Waals surface area contributed by atoms with Gasteiger partial charge >= 0.3 is 0 Å². The maximum absolute atomic E-state index is 5.72. The molecule has 2 atom stereocenters. The van der Waals surface area contributed by atoms with Crippen LogP contribution in [0.1, 0.15) is 19.4 Å². The van der Waals surface area contributed by atoms with Crippen LogP contribution in [0.5, 0.6) is 11.5 Å². The van der Waals surface area contributed by atoms with Crippen LogP contribution in [0.15, 0.2) is 18.2 Å². The molecule has 2 unspecified atom stereocenters. The lowest BCUT2D eigenvalue weighted by Gasteiger charge is -2.05. The van der Waals surface area contributed by atoms with Crippen molar-refractivity contribution in [1.29, 1.82) is 0 Å². The largest absolute Gasteiger partial charge is 0.451 e. The molecule has 15 heavy (non-hydrogen) atoms. The number of ether oxygens (including phenoxy) is 2. The lowest BCUT2D eigenvalue weighted by molar-refractivity contribution is 0.0678. The Morgan fingerprint density at radius 3 is 2.67 bits per heavy atom. The standard InChI is InChI=1S/C11H15NO2.ClH/c1-7(12)5-9-3-4-10-11(6-9)14-8(2)13-10;/h3-4,6-8H,5,12H2,1-2H3;1H. The van der Waals surface area contributed by atoms with Crippen molar-refractivity contribution in [3.63, 3.8) is 0 Å². The summed E-state index contributed by atoms with van der Waals surface area (Å²) >= 11 is 0. The van der Waals surface area contributed by atoms with Crippen LogP contribution in [0.25, 0.3) is 0 Å². The molecule has 0 spiro atoms.